The summed E-state index contributed by atoms with van der Waals surface area (Å²) in [5, 5.41) is 8.22. The summed E-state index contributed by atoms with van der Waals surface area (Å²) in [7, 11) is 2.07. The highest BCUT2D eigenvalue weighted by Gasteiger charge is 2.34. The molecule has 0 aromatic carbocycles. The maximum atomic E-state index is 4.83. The van der Waals surface area contributed by atoms with Gasteiger partial charge in [-0.05, 0) is 50.6 Å². The molecule has 1 fully saturated rings. The summed E-state index contributed by atoms with van der Waals surface area (Å²) in [5.74, 6) is 0. The van der Waals surface area contributed by atoms with Gasteiger partial charge in [-0.2, -0.15) is 5.10 Å². The van der Waals surface area contributed by atoms with Crippen molar-refractivity contribution >= 4 is 0 Å². The Morgan fingerprint density at radius 3 is 2.58 bits per heavy atom. The van der Waals surface area contributed by atoms with E-state index in [-0.39, 0.29) is 0 Å². The fraction of sp³-hybridized carbons (Fsp3) is 0.812. The summed E-state index contributed by atoms with van der Waals surface area (Å²) in [6.07, 6.45) is 11.1. The van der Waals surface area contributed by atoms with Gasteiger partial charge in [0.15, 0.2) is 0 Å². The molecular weight excluding hydrogens is 234 g/mol. The number of nitrogens with one attached hydrogen (secondary N) is 1. The second kappa shape index (κ2) is 6.56. The highest BCUT2D eigenvalue weighted by atomic mass is 15.3. The standard InChI is InChI=1S/C16H29N3/c1-4-15(5-2)19-11-8-14(18-19)12-16(13-17-3)9-6-7-10-16/h8,11,15,17H,4-7,9-10,12-13H2,1-3H3. The molecule has 1 aliphatic rings. The zero-order valence-corrected chi connectivity index (χ0v) is 12.8. The first-order chi connectivity index (χ1) is 9.23. The molecule has 0 unspecified atom stereocenters. The minimum Gasteiger partial charge on any atom is -0.319 e. The molecule has 0 aliphatic heterocycles. The molecule has 0 radical (unpaired) electrons. The lowest BCUT2D eigenvalue weighted by Crippen LogP contribution is -2.32. The van der Waals surface area contributed by atoms with Crippen molar-refractivity contribution in [1.82, 2.24) is 15.1 Å². The van der Waals surface area contributed by atoms with E-state index in [2.05, 4.69) is 43.2 Å². The Bertz CT molecular complexity index is 373. The van der Waals surface area contributed by atoms with Crippen LogP contribution in [0.25, 0.3) is 0 Å². The Morgan fingerprint density at radius 2 is 2.00 bits per heavy atom. The van der Waals surface area contributed by atoms with Gasteiger partial charge in [-0.1, -0.05) is 26.7 Å². The quantitative estimate of drug-likeness (QED) is 0.815. The van der Waals surface area contributed by atoms with Gasteiger partial charge in [-0.15, -0.1) is 0 Å². The summed E-state index contributed by atoms with van der Waals surface area (Å²) < 4.78 is 2.18. The first kappa shape index (κ1) is 14.6. The van der Waals surface area contributed by atoms with Gasteiger partial charge in [0, 0.05) is 12.7 Å². The first-order valence-electron chi connectivity index (χ1n) is 7.91. The molecule has 0 amide bonds. The minimum atomic E-state index is 0.460. The summed E-state index contributed by atoms with van der Waals surface area (Å²) in [5.41, 5.74) is 1.74. The Kier molecular flexibility index (Phi) is 5.03. The van der Waals surface area contributed by atoms with E-state index in [1.165, 1.54) is 44.2 Å². The molecule has 1 aliphatic carbocycles. The molecule has 1 heterocycles. The molecule has 0 spiro atoms. The van der Waals surface area contributed by atoms with Gasteiger partial charge < -0.3 is 5.32 Å². The fourth-order valence-corrected chi connectivity index (χ4v) is 3.64. The number of nitrogens with zero attached hydrogens (tertiary/aromatic N) is 2. The van der Waals surface area contributed by atoms with Gasteiger partial charge in [-0.25, -0.2) is 0 Å². The van der Waals surface area contributed by atoms with E-state index in [1.54, 1.807) is 0 Å². The molecule has 0 atom stereocenters. The van der Waals surface area contributed by atoms with E-state index in [0.717, 1.165) is 13.0 Å². The van der Waals surface area contributed by atoms with E-state index in [9.17, 15) is 0 Å². The van der Waals surface area contributed by atoms with E-state index in [1.807, 2.05) is 0 Å². The number of hydrogen-bond acceptors (Lipinski definition) is 2. The SMILES string of the molecule is CCC(CC)n1ccc(CC2(CNC)CCCC2)n1. The van der Waals surface area contributed by atoms with Crippen molar-refractivity contribution in [1.29, 1.82) is 0 Å². The topological polar surface area (TPSA) is 29.9 Å². The molecule has 2 rings (SSSR count). The van der Waals surface area contributed by atoms with Crippen molar-refractivity contribution in [2.45, 2.75) is 64.8 Å². The van der Waals surface area contributed by atoms with Crippen molar-refractivity contribution in [2.24, 2.45) is 5.41 Å². The normalized spacial score (nSPS) is 18.3. The second-order valence-corrected chi connectivity index (χ2v) is 6.17. The predicted molar refractivity (Wildman–Crippen MR) is 80.4 cm³/mol. The van der Waals surface area contributed by atoms with Crippen LogP contribution in [-0.4, -0.2) is 23.4 Å². The van der Waals surface area contributed by atoms with Gasteiger partial charge in [0.1, 0.15) is 0 Å². The van der Waals surface area contributed by atoms with Crippen LogP contribution in [0.5, 0.6) is 0 Å². The Balaban J connectivity index is 2.06. The minimum absolute atomic E-state index is 0.460. The maximum absolute atomic E-state index is 4.83. The number of aromatic nitrogens is 2. The van der Waals surface area contributed by atoms with Crippen LogP contribution in [0, 0.1) is 5.41 Å². The molecule has 108 valence electrons. The first-order valence-corrected chi connectivity index (χ1v) is 7.91. The van der Waals surface area contributed by atoms with Crippen LogP contribution in [0.4, 0.5) is 0 Å². The molecule has 19 heavy (non-hydrogen) atoms. The van der Waals surface area contributed by atoms with E-state index >= 15 is 0 Å². The van der Waals surface area contributed by atoms with Crippen LogP contribution >= 0.6 is 0 Å². The molecule has 0 bridgehead atoms. The van der Waals surface area contributed by atoms with Gasteiger partial charge in [0.05, 0.1) is 11.7 Å². The third-order valence-electron chi connectivity index (χ3n) is 4.75. The van der Waals surface area contributed by atoms with E-state index in [4.69, 9.17) is 5.10 Å². The van der Waals surface area contributed by atoms with Gasteiger partial charge in [0.25, 0.3) is 0 Å². The molecule has 3 nitrogen and oxygen atoms in total. The zero-order valence-electron chi connectivity index (χ0n) is 12.8. The Hall–Kier alpha value is -0.830. The van der Waals surface area contributed by atoms with E-state index < -0.39 is 0 Å². The van der Waals surface area contributed by atoms with Crippen LogP contribution < -0.4 is 5.32 Å². The summed E-state index contributed by atoms with van der Waals surface area (Å²) >= 11 is 0. The molecule has 1 aromatic rings. The van der Waals surface area contributed by atoms with Gasteiger partial charge >= 0.3 is 0 Å². The van der Waals surface area contributed by atoms with Crippen LogP contribution in [0.1, 0.15) is 64.1 Å². The zero-order chi connectivity index (χ0) is 13.7. The van der Waals surface area contributed by atoms with Crippen LogP contribution in [0.2, 0.25) is 0 Å². The molecule has 0 saturated heterocycles. The highest BCUT2D eigenvalue weighted by molar-refractivity contribution is 5.05. The molecule has 1 aromatic heterocycles. The fourth-order valence-electron chi connectivity index (χ4n) is 3.64. The maximum Gasteiger partial charge on any atom is 0.0630 e. The molecule has 1 saturated carbocycles. The Labute approximate surface area is 117 Å². The van der Waals surface area contributed by atoms with Crippen LogP contribution in [0.15, 0.2) is 12.3 Å². The molecular formula is C16H29N3. The lowest BCUT2D eigenvalue weighted by Gasteiger charge is -2.28. The Morgan fingerprint density at radius 1 is 1.32 bits per heavy atom. The number of rotatable bonds is 7. The van der Waals surface area contributed by atoms with Gasteiger partial charge in [0.2, 0.25) is 0 Å². The molecule has 3 heteroatoms. The van der Waals surface area contributed by atoms with Crippen LogP contribution in [0.3, 0.4) is 0 Å². The average Bonchev–Trinajstić information content (AvgIpc) is 3.03. The number of hydrogen-bond donors (Lipinski definition) is 1. The second-order valence-electron chi connectivity index (χ2n) is 6.17. The van der Waals surface area contributed by atoms with Gasteiger partial charge in [-0.3, -0.25) is 4.68 Å². The summed E-state index contributed by atoms with van der Waals surface area (Å²) in [6, 6.07) is 2.80. The van der Waals surface area contributed by atoms with Crippen LogP contribution in [-0.2, 0) is 6.42 Å². The average molecular weight is 263 g/mol. The monoisotopic (exact) mass is 263 g/mol. The summed E-state index contributed by atoms with van der Waals surface area (Å²) in [4.78, 5) is 0. The third kappa shape index (κ3) is 3.38. The van der Waals surface area contributed by atoms with Crippen molar-refractivity contribution in [3.05, 3.63) is 18.0 Å². The molecule has 1 N–H and O–H groups in total. The largest absolute Gasteiger partial charge is 0.319 e. The predicted octanol–water partition coefficient (Wildman–Crippen LogP) is 3.57. The lowest BCUT2D eigenvalue weighted by molar-refractivity contribution is 0.281. The van der Waals surface area contributed by atoms with Crippen molar-refractivity contribution < 1.29 is 0 Å². The highest BCUT2D eigenvalue weighted by Crippen LogP contribution is 2.40. The van der Waals surface area contributed by atoms with Crippen molar-refractivity contribution in [3.63, 3.8) is 0 Å². The smallest absolute Gasteiger partial charge is 0.0630 e. The van der Waals surface area contributed by atoms with Crippen molar-refractivity contribution in [2.75, 3.05) is 13.6 Å². The third-order valence-corrected chi connectivity index (χ3v) is 4.75. The summed E-state index contributed by atoms with van der Waals surface area (Å²) in [6.45, 7) is 5.62. The van der Waals surface area contributed by atoms with Crippen molar-refractivity contribution in [3.8, 4) is 0 Å². The lowest BCUT2D eigenvalue weighted by atomic mass is 9.81. The van der Waals surface area contributed by atoms with E-state index in [0.29, 0.717) is 11.5 Å².